The number of esters is 1. The monoisotopic (exact) mass is 211 g/mol. The first kappa shape index (κ1) is 10.6. The van der Waals surface area contributed by atoms with Crippen LogP contribution in [0, 0.1) is 0 Å². The van der Waals surface area contributed by atoms with Crippen LogP contribution in [-0.4, -0.2) is 23.8 Å². The summed E-state index contributed by atoms with van der Waals surface area (Å²) in [5.74, 6) is -0.379. The van der Waals surface area contributed by atoms with Crippen molar-refractivity contribution in [2.45, 2.75) is 6.92 Å². The summed E-state index contributed by atoms with van der Waals surface area (Å²) in [7, 11) is 0. The van der Waals surface area contributed by atoms with Crippen molar-refractivity contribution < 1.29 is 14.3 Å². The number of carbonyl (C=O) groups is 2. The minimum atomic E-state index is -0.379. The summed E-state index contributed by atoms with van der Waals surface area (Å²) in [6, 6.07) is 0. The molecule has 0 radical (unpaired) electrons. The van der Waals surface area contributed by atoms with Crippen LogP contribution in [0.3, 0.4) is 0 Å². The van der Waals surface area contributed by atoms with Gasteiger partial charge in [-0.1, -0.05) is 0 Å². The lowest BCUT2D eigenvalue weighted by molar-refractivity contribution is -0.104. The van der Waals surface area contributed by atoms with Crippen LogP contribution in [0.25, 0.3) is 6.08 Å². The molecule has 0 aliphatic heterocycles. The molecule has 0 spiro atoms. The number of ether oxygens (including phenoxy) is 1. The lowest BCUT2D eigenvalue weighted by atomic mass is 10.5. The zero-order valence-corrected chi connectivity index (χ0v) is 8.41. The second-order valence-electron chi connectivity index (χ2n) is 2.28. The van der Waals surface area contributed by atoms with Crippen molar-refractivity contribution >= 4 is 29.7 Å². The Hall–Kier alpha value is -1.49. The normalized spacial score (nSPS) is 10.4. The van der Waals surface area contributed by atoms with Crippen molar-refractivity contribution in [3.05, 3.63) is 22.2 Å². The molecule has 0 atom stereocenters. The van der Waals surface area contributed by atoms with Gasteiger partial charge in [0.05, 0.1) is 12.8 Å². The molecule has 1 aromatic heterocycles. The number of aromatic nitrogens is 1. The van der Waals surface area contributed by atoms with Gasteiger partial charge in [0.2, 0.25) is 0 Å². The Morgan fingerprint density at radius 2 is 2.50 bits per heavy atom. The molecule has 0 N–H and O–H groups in total. The van der Waals surface area contributed by atoms with Crippen molar-refractivity contribution in [1.82, 2.24) is 4.98 Å². The molecule has 1 aromatic rings. The number of hydrogen-bond donors (Lipinski definition) is 0. The second-order valence-corrected chi connectivity index (χ2v) is 3.34. The highest BCUT2D eigenvalue weighted by molar-refractivity contribution is 7.14. The number of aldehydes is 1. The second kappa shape index (κ2) is 5.29. The fourth-order valence-corrected chi connectivity index (χ4v) is 1.51. The van der Waals surface area contributed by atoms with E-state index in [1.165, 1.54) is 23.6 Å². The highest BCUT2D eigenvalue weighted by Crippen LogP contribution is 2.15. The average molecular weight is 211 g/mol. The minimum absolute atomic E-state index is 0.343. The zero-order valence-electron chi connectivity index (χ0n) is 7.60. The van der Waals surface area contributed by atoms with Gasteiger partial charge in [-0.2, -0.15) is 0 Å². The maximum absolute atomic E-state index is 11.2. The maximum atomic E-state index is 11.2. The lowest BCUT2D eigenvalue weighted by Crippen LogP contribution is -2.01. The van der Waals surface area contributed by atoms with E-state index in [9.17, 15) is 9.59 Å². The average Bonchev–Trinajstić information content (AvgIpc) is 2.63. The van der Waals surface area contributed by atoms with Crippen molar-refractivity contribution in [2.75, 3.05) is 6.61 Å². The Kier molecular flexibility index (Phi) is 4.00. The van der Waals surface area contributed by atoms with Gasteiger partial charge < -0.3 is 4.74 Å². The molecular weight excluding hydrogens is 202 g/mol. The molecule has 0 aliphatic carbocycles. The van der Waals surface area contributed by atoms with E-state index in [1.807, 2.05) is 0 Å². The molecule has 0 unspecified atom stereocenters. The van der Waals surface area contributed by atoms with Crippen LogP contribution in [0.5, 0.6) is 0 Å². The zero-order chi connectivity index (χ0) is 10.4. The predicted octanol–water partition coefficient (Wildman–Crippen LogP) is 1.53. The minimum Gasteiger partial charge on any atom is -0.462 e. The van der Waals surface area contributed by atoms with Gasteiger partial charge in [-0.3, -0.25) is 4.79 Å². The molecule has 5 heteroatoms. The topological polar surface area (TPSA) is 56.3 Å². The number of nitrogens with zero attached hydrogens (tertiary/aromatic N) is 1. The lowest BCUT2D eigenvalue weighted by Gasteiger charge is -1.95. The summed E-state index contributed by atoms with van der Waals surface area (Å²) in [5, 5.41) is 0.611. The SMILES string of the molecule is CCOC(=O)c1cnc(C=CC=O)s1. The number of carbonyl (C=O) groups excluding carboxylic acids is 2. The Morgan fingerprint density at radius 3 is 3.14 bits per heavy atom. The molecule has 0 saturated carbocycles. The van der Waals surface area contributed by atoms with Crippen molar-refractivity contribution in [3.8, 4) is 0 Å². The summed E-state index contributed by atoms with van der Waals surface area (Å²) >= 11 is 1.19. The van der Waals surface area contributed by atoms with Crippen LogP contribution in [-0.2, 0) is 9.53 Å². The summed E-state index contributed by atoms with van der Waals surface area (Å²) < 4.78 is 4.78. The van der Waals surface area contributed by atoms with E-state index in [1.54, 1.807) is 13.0 Å². The van der Waals surface area contributed by atoms with Crippen molar-refractivity contribution in [3.63, 3.8) is 0 Å². The molecule has 0 saturated heterocycles. The molecule has 74 valence electrons. The van der Waals surface area contributed by atoms with Gasteiger partial charge in [0.1, 0.15) is 16.2 Å². The Balaban J connectivity index is 2.72. The summed E-state index contributed by atoms with van der Waals surface area (Å²) in [6.07, 6.45) is 4.97. The molecule has 0 bridgehead atoms. The van der Waals surface area contributed by atoms with Gasteiger partial charge in [0.25, 0.3) is 0 Å². The number of allylic oxidation sites excluding steroid dienone is 1. The number of thiazole rings is 1. The Labute approximate surface area is 85.2 Å². The van der Waals surface area contributed by atoms with E-state index in [0.29, 0.717) is 22.8 Å². The van der Waals surface area contributed by atoms with E-state index in [0.717, 1.165) is 0 Å². The first-order valence-corrected chi connectivity index (χ1v) is 4.84. The van der Waals surface area contributed by atoms with E-state index < -0.39 is 0 Å². The van der Waals surface area contributed by atoms with Gasteiger partial charge in [-0.25, -0.2) is 9.78 Å². The van der Waals surface area contributed by atoms with Gasteiger partial charge in [0, 0.05) is 0 Å². The van der Waals surface area contributed by atoms with Crippen LogP contribution in [0.1, 0.15) is 21.6 Å². The third-order valence-electron chi connectivity index (χ3n) is 1.32. The standard InChI is InChI=1S/C9H9NO3S/c1-2-13-9(12)7-6-10-8(14-7)4-3-5-11/h3-6H,2H2,1H3. The van der Waals surface area contributed by atoms with E-state index in [-0.39, 0.29) is 5.97 Å². The van der Waals surface area contributed by atoms with Gasteiger partial charge in [0.15, 0.2) is 0 Å². The molecule has 1 rings (SSSR count). The third kappa shape index (κ3) is 2.77. The molecule has 0 fully saturated rings. The van der Waals surface area contributed by atoms with Crippen LogP contribution < -0.4 is 0 Å². The molecule has 0 aromatic carbocycles. The first-order chi connectivity index (χ1) is 6.77. The predicted molar refractivity (Wildman–Crippen MR) is 53.2 cm³/mol. The smallest absolute Gasteiger partial charge is 0.349 e. The fourth-order valence-electron chi connectivity index (χ4n) is 0.783. The van der Waals surface area contributed by atoms with Crippen molar-refractivity contribution in [1.29, 1.82) is 0 Å². The molecule has 14 heavy (non-hydrogen) atoms. The largest absolute Gasteiger partial charge is 0.462 e. The number of hydrogen-bond acceptors (Lipinski definition) is 5. The quantitative estimate of drug-likeness (QED) is 0.430. The summed E-state index contributed by atoms with van der Waals surface area (Å²) in [4.78, 5) is 25.6. The third-order valence-corrected chi connectivity index (χ3v) is 2.26. The first-order valence-electron chi connectivity index (χ1n) is 4.02. The number of rotatable bonds is 4. The molecule has 1 heterocycles. The highest BCUT2D eigenvalue weighted by atomic mass is 32.1. The highest BCUT2D eigenvalue weighted by Gasteiger charge is 2.09. The summed E-state index contributed by atoms with van der Waals surface area (Å²) in [5.41, 5.74) is 0. The van der Waals surface area contributed by atoms with Crippen LogP contribution in [0.15, 0.2) is 12.3 Å². The van der Waals surface area contributed by atoms with Crippen molar-refractivity contribution in [2.24, 2.45) is 0 Å². The Morgan fingerprint density at radius 1 is 1.71 bits per heavy atom. The van der Waals surface area contributed by atoms with Crippen LogP contribution >= 0.6 is 11.3 Å². The van der Waals surface area contributed by atoms with E-state index in [4.69, 9.17) is 4.74 Å². The molecule has 4 nitrogen and oxygen atoms in total. The molecular formula is C9H9NO3S. The van der Waals surface area contributed by atoms with Gasteiger partial charge >= 0.3 is 5.97 Å². The molecule has 0 aliphatic rings. The van der Waals surface area contributed by atoms with Crippen LogP contribution in [0.2, 0.25) is 0 Å². The van der Waals surface area contributed by atoms with Crippen LogP contribution in [0.4, 0.5) is 0 Å². The Bertz CT molecular complexity index is 357. The van der Waals surface area contributed by atoms with E-state index in [2.05, 4.69) is 4.98 Å². The van der Waals surface area contributed by atoms with Gasteiger partial charge in [-0.05, 0) is 19.1 Å². The molecule has 0 amide bonds. The van der Waals surface area contributed by atoms with E-state index >= 15 is 0 Å². The summed E-state index contributed by atoms with van der Waals surface area (Å²) in [6.45, 7) is 2.09. The fraction of sp³-hybridized carbons (Fsp3) is 0.222. The van der Waals surface area contributed by atoms with Gasteiger partial charge in [-0.15, -0.1) is 11.3 Å². The maximum Gasteiger partial charge on any atom is 0.349 e.